The van der Waals surface area contributed by atoms with Gasteiger partial charge in [-0.1, -0.05) is 60.7 Å². The molecule has 0 spiro atoms. The van der Waals surface area contributed by atoms with Crippen LogP contribution in [0, 0.1) is 0 Å². The van der Waals surface area contributed by atoms with Crippen LogP contribution in [0.4, 0.5) is 0 Å². The van der Waals surface area contributed by atoms with E-state index in [1.807, 2.05) is 102 Å². The lowest BCUT2D eigenvalue weighted by atomic mass is 10.0. The van der Waals surface area contributed by atoms with E-state index in [0.717, 1.165) is 43.3 Å². The summed E-state index contributed by atoms with van der Waals surface area (Å²) in [5.41, 5.74) is 5.53. The number of fused-ring (bicyclic) bond motifs is 1. The van der Waals surface area contributed by atoms with Gasteiger partial charge in [-0.05, 0) is 42.3 Å². The summed E-state index contributed by atoms with van der Waals surface area (Å²) in [7, 11) is 0. The number of thiazole rings is 1. The van der Waals surface area contributed by atoms with Crippen molar-refractivity contribution in [2.45, 2.75) is 12.8 Å². The quantitative estimate of drug-likeness (QED) is 0.304. The number of hydrogen-bond donors (Lipinski definition) is 1. The van der Waals surface area contributed by atoms with Crippen LogP contribution in [0.3, 0.4) is 0 Å². The maximum absolute atomic E-state index is 11.4. The molecule has 0 saturated heterocycles. The Hall–Kier alpha value is -4.03. The van der Waals surface area contributed by atoms with E-state index in [-0.39, 0.29) is 6.42 Å². The molecule has 0 amide bonds. The zero-order chi connectivity index (χ0) is 22.6. The first-order chi connectivity index (χ1) is 16.2. The average molecular weight is 452 g/mol. The van der Waals surface area contributed by atoms with E-state index in [1.54, 1.807) is 11.3 Å². The summed E-state index contributed by atoms with van der Waals surface area (Å²) < 4.78 is 2.94. The summed E-state index contributed by atoms with van der Waals surface area (Å²) in [5.74, 6) is -0.828. The predicted molar refractivity (Wildman–Crippen MR) is 133 cm³/mol. The molecule has 0 radical (unpaired) electrons. The largest absolute Gasteiger partial charge is 0.481 e. The van der Waals surface area contributed by atoms with E-state index in [4.69, 9.17) is 10.1 Å². The normalized spacial score (nSPS) is 11.7. The Morgan fingerprint density at radius 1 is 0.909 bits per heavy atom. The highest BCUT2D eigenvalue weighted by Gasteiger charge is 2.15. The van der Waals surface area contributed by atoms with Gasteiger partial charge < -0.3 is 5.11 Å². The molecule has 0 aliphatic rings. The molecule has 5 nitrogen and oxygen atoms in total. The van der Waals surface area contributed by atoms with E-state index < -0.39 is 5.97 Å². The Morgan fingerprint density at radius 2 is 1.61 bits per heavy atom. The Balaban J connectivity index is 1.65. The number of aromatic nitrogens is 3. The lowest BCUT2D eigenvalue weighted by molar-refractivity contribution is -0.136. The number of rotatable bonds is 7. The Bertz CT molecular complexity index is 1400. The molecule has 0 aliphatic carbocycles. The maximum atomic E-state index is 11.4. The molecule has 0 unspecified atom stereocenters. The summed E-state index contributed by atoms with van der Waals surface area (Å²) in [6, 6.07) is 27.9. The van der Waals surface area contributed by atoms with Gasteiger partial charge in [0.2, 0.25) is 0 Å². The molecule has 3 aromatic carbocycles. The molecule has 0 aliphatic heterocycles. The van der Waals surface area contributed by atoms with Crippen LogP contribution in [0.1, 0.15) is 23.4 Å². The third-order valence-corrected chi connectivity index (χ3v) is 6.43. The summed E-state index contributed by atoms with van der Waals surface area (Å²) in [6.07, 6.45) is 4.45. The van der Waals surface area contributed by atoms with E-state index in [2.05, 4.69) is 0 Å². The zero-order valence-corrected chi connectivity index (χ0v) is 18.6. The SMILES string of the molecule is O=C(O)CC/C(=C\c1cn(-c2ccccc2)nc1-c1ccccc1)c1nc2ccccc2s1. The van der Waals surface area contributed by atoms with Crippen LogP contribution in [0.5, 0.6) is 0 Å². The van der Waals surface area contributed by atoms with Crippen molar-refractivity contribution in [1.82, 2.24) is 14.8 Å². The molecule has 0 bridgehead atoms. The van der Waals surface area contributed by atoms with Crippen molar-refractivity contribution in [3.05, 3.63) is 102 Å². The van der Waals surface area contributed by atoms with Gasteiger partial charge in [0.15, 0.2) is 0 Å². The van der Waals surface area contributed by atoms with Crippen LogP contribution < -0.4 is 0 Å². The second-order valence-electron chi connectivity index (χ2n) is 7.63. The zero-order valence-electron chi connectivity index (χ0n) is 17.8. The minimum absolute atomic E-state index is 0.0370. The van der Waals surface area contributed by atoms with Crippen molar-refractivity contribution in [3.8, 4) is 16.9 Å². The fraction of sp³-hybridized carbons (Fsp3) is 0.0741. The first-order valence-electron chi connectivity index (χ1n) is 10.7. The minimum atomic E-state index is -0.828. The second-order valence-corrected chi connectivity index (χ2v) is 8.66. The second kappa shape index (κ2) is 9.22. The number of allylic oxidation sites excluding steroid dienone is 1. The Morgan fingerprint density at radius 3 is 2.33 bits per heavy atom. The van der Waals surface area contributed by atoms with Crippen molar-refractivity contribution in [3.63, 3.8) is 0 Å². The summed E-state index contributed by atoms with van der Waals surface area (Å²) in [6.45, 7) is 0. The smallest absolute Gasteiger partial charge is 0.303 e. The van der Waals surface area contributed by atoms with Crippen molar-refractivity contribution >= 4 is 39.2 Å². The van der Waals surface area contributed by atoms with Gasteiger partial charge in [0.1, 0.15) is 5.01 Å². The summed E-state index contributed by atoms with van der Waals surface area (Å²) >= 11 is 1.58. The van der Waals surface area contributed by atoms with Gasteiger partial charge in [0.25, 0.3) is 0 Å². The van der Waals surface area contributed by atoms with Gasteiger partial charge in [0, 0.05) is 23.7 Å². The monoisotopic (exact) mass is 451 g/mol. The maximum Gasteiger partial charge on any atom is 0.303 e. The molecule has 33 heavy (non-hydrogen) atoms. The lowest BCUT2D eigenvalue weighted by Gasteiger charge is -2.04. The number of carbonyl (C=O) groups is 1. The Kier molecular flexibility index (Phi) is 5.83. The molecule has 0 saturated carbocycles. The first kappa shape index (κ1) is 20.8. The highest BCUT2D eigenvalue weighted by Crippen LogP contribution is 2.33. The van der Waals surface area contributed by atoms with Crippen LogP contribution in [0.25, 0.3) is 38.8 Å². The fourth-order valence-electron chi connectivity index (χ4n) is 3.71. The number of nitrogens with zero attached hydrogens (tertiary/aromatic N) is 3. The third-order valence-electron chi connectivity index (χ3n) is 5.32. The summed E-state index contributed by atoms with van der Waals surface area (Å²) in [5, 5.41) is 15.1. The van der Waals surface area contributed by atoms with Crippen LogP contribution in [0.15, 0.2) is 91.1 Å². The van der Waals surface area contributed by atoms with Gasteiger partial charge >= 0.3 is 5.97 Å². The molecule has 6 heteroatoms. The van der Waals surface area contributed by atoms with Crippen LogP contribution in [0.2, 0.25) is 0 Å². The third kappa shape index (κ3) is 4.61. The molecular formula is C27H21N3O2S. The van der Waals surface area contributed by atoms with Crippen molar-refractivity contribution in [2.24, 2.45) is 0 Å². The van der Waals surface area contributed by atoms with Crippen molar-refractivity contribution in [1.29, 1.82) is 0 Å². The highest BCUT2D eigenvalue weighted by molar-refractivity contribution is 7.19. The molecule has 0 fully saturated rings. The first-order valence-corrected chi connectivity index (χ1v) is 11.5. The Labute approximate surface area is 195 Å². The topological polar surface area (TPSA) is 68.0 Å². The predicted octanol–water partition coefficient (Wildman–Crippen LogP) is 6.55. The molecule has 2 aromatic heterocycles. The van der Waals surface area contributed by atoms with Gasteiger partial charge in [-0.25, -0.2) is 9.67 Å². The van der Waals surface area contributed by atoms with Crippen LogP contribution in [-0.4, -0.2) is 25.8 Å². The van der Waals surface area contributed by atoms with Crippen molar-refractivity contribution < 1.29 is 9.90 Å². The molecule has 0 atom stereocenters. The molecule has 2 heterocycles. The van der Waals surface area contributed by atoms with Crippen molar-refractivity contribution in [2.75, 3.05) is 0 Å². The molecule has 5 rings (SSSR count). The number of carboxylic acids is 1. The fourth-order valence-corrected chi connectivity index (χ4v) is 4.72. The number of hydrogen-bond acceptors (Lipinski definition) is 4. The standard InChI is InChI=1S/C27H21N3O2S/c31-25(32)16-15-20(27-28-23-13-7-8-14-24(23)33-27)17-21-18-30(22-11-5-2-6-12-22)29-26(21)19-9-3-1-4-10-19/h1-14,17-18H,15-16H2,(H,31,32)/b20-17+. The molecule has 5 aromatic rings. The van der Waals surface area contributed by atoms with Crippen LogP contribution >= 0.6 is 11.3 Å². The van der Waals surface area contributed by atoms with Crippen LogP contribution in [-0.2, 0) is 4.79 Å². The van der Waals surface area contributed by atoms with E-state index in [1.165, 1.54) is 0 Å². The number of para-hydroxylation sites is 2. The lowest BCUT2D eigenvalue weighted by Crippen LogP contribution is -1.95. The summed E-state index contributed by atoms with van der Waals surface area (Å²) in [4.78, 5) is 16.2. The minimum Gasteiger partial charge on any atom is -0.481 e. The van der Waals surface area contributed by atoms with Gasteiger partial charge in [-0.3, -0.25) is 4.79 Å². The molecular weight excluding hydrogens is 430 g/mol. The van der Waals surface area contributed by atoms with E-state index in [9.17, 15) is 9.90 Å². The number of carboxylic acid groups (broad SMARTS) is 1. The van der Waals surface area contributed by atoms with E-state index in [0.29, 0.717) is 6.42 Å². The molecule has 1 N–H and O–H groups in total. The van der Waals surface area contributed by atoms with E-state index >= 15 is 0 Å². The highest BCUT2D eigenvalue weighted by atomic mass is 32.1. The van der Waals surface area contributed by atoms with Gasteiger partial charge in [0.05, 0.1) is 21.6 Å². The van der Waals surface area contributed by atoms with Gasteiger partial charge in [-0.15, -0.1) is 11.3 Å². The molecule has 162 valence electrons. The average Bonchev–Trinajstić information content (AvgIpc) is 3.47. The number of aliphatic carboxylic acids is 1. The number of benzene rings is 3. The van der Waals surface area contributed by atoms with Gasteiger partial charge in [-0.2, -0.15) is 5.10 Å².